The Kier molecular flexibility index (Phi) is 8.24. The summed E-state index contributed by atoms with van der Waals surface area (Å²) in [7, 11) is 0. The lowest BCUT2D eigenvalue weighted by atomic mass is 10.1. The molecule has 3 aromatic rings. The quantitative estimate of drug-likeness (QED) is 0.281. The molecule has 34 heavy (non-hydrogen) atoms. The molecule has 0 bridgehead atoms. The molecule has 0 atom stereocenters. The van der Waals surface area contributed by atoms with Crippen LogP contribution in [-0.2, 0) is 4.74 Å². The molecular formula is C27H32N4O3. The van der Waals surface area contributed by atoms with Crippen LogP contribution in [0.2, 0.25) is 0 Å². The van der Waals surface area contributed by atoms with Crippen molar-refractivity contribution in [1.29, 1.82) is 0 Å². The summed E-state index contributed by atoms with van der Waals surface area (Å²) in [4.78, 5) is 27.6. The number of aromatic nitrogens is 1. The Labute approximate surface area is 201 Å². The minimum atomic E-state index is -0.419. The van der Waals surface area contributed by atoms with E-state index in [-0.39, 0.29) is 12.5 Å². The van der Waals surface area contributed by atoms with E-state index in [1.807, 2.05) is 60.9 Å². The van der Waals surface area contributed by atoms with E-state index in [4.69, 9.17) is 4.74 Å². The highest BCUT2D eigenvalue weighted by Crippen LogP contribution is 2.26. The first-order chi connectivity index (χ1) is 16.4. The maximum Gasteiger partial charge on any atom is 0.340 e. The SMILES string of the molecule is CCOC(=O)c1c(/C=N/NC(=O)c2ccc(N(CC)CC)cc2)c(C)n(-c2ccccc2)c1C. The molecule has 0 aliphatic carbocycles. The predicted octanol–water partition coefficient (Wildman–Crippen LogP) is 4.88. The number of rotatable bonds is 9. The van der Waals surface area contributed by atoms with Gasteiger partial charge in [-0.25, -0.2) is 10.2 Å². The van der Waals surface area contributed by atoms with E-state index in [1.54, 1.807) is 19.1 Å². The van der Waals surface area contributed by atoms with Gasteiger partial charge < -0.3 is 14.2 Å². The van der Waals surface area contributed by atoms with Crippen molar-refractivity contribution < 1.29 is 14.3 Å². The van der Waals surface area contributed by atoms with Crippen molar-refractivity contribution >= 4 is 23.8 Å². The zero-order valence-electron chi connectivity index (χ0n) is 20.5. The van der Waals surface area contributed by atoms with Crippen LogP contribution in [0.15, 0.2) is 59.7 Å². The number of esters is 1. The summed E-state index contributed by atoms with van der Waals surface area (Å²) < 4.78 is 7.28. The lowest BCUT2D eigenvalue weighted by Gasteiger charge is -2.20. The molecule has 0 radical (unpaired) electrons. The number of ether oxygens (including phenoxy) is 1. The molecule has 1 aromatic heterocycles. The van der Waals surface area contributed by atoms with Crippen LogP contribution in [0.25, 0.3) is 5.69 Å². The largest absolute Gasteiger partial charge is 0.462 e. The molecule has 3 rings (SSSR count). The summed E-state index contributed by atoms with van der Waals surface area (Å²) in [6, 6.07) is 17.2. The van der Waals surface area contributed by atoms with Crippen molar-refractivity contribution in [2.24, 2.45) is 5.10 Å². The van der Waals surface area contributed by atoms with E-state index >= 15 is 0 Å². The Morgan fingerprint density at radius 2 is 1.62 bits per heavy atom. The Morgan fingerprint density at radius 3 is 2.21 bits per heavy atom. The molecule has 1 amide bonds. The summed E-state index contributed by atoms with van der Waals surface area (Å²) in [5, 5.41) is 4.16. The van der Waals surface area contributed by atoms with Crippen LogP contribution in [0.5, 0.6) is 0 Å². The molecule has 178 valence electrons. The van der Waals surface area contributed by atoms with Gasteiger partial charge in [0.25, 0.3) is 5.91 Å². The summed E-state index contributed by atoms with van der Waals surface area (Å²) in [5.41, 5.74) is 7.70. The van der Waals surface area contributed by atoms with Crippen molar-refractivity contribution in [3.8, 4) is 5.69 Å². The summed E-state index contributed by atoms with van der Waals surface area (Å²) in [6.45, 7) is 11.8. The molecule has 2 aromatic carbocycles. The number of hydrazone groups is 1. The number of anilines is 1. The highest BCUT2D eigenvalue weighted by Gasteiger charge is 2.24. The second-order valence-corrected chi connectivity index (χ2v) is 7.77. The fraction of sp³-hybridized carbons (Fsp3) is 0.296. The van der Waals surface area contributed by atoms with E-state index in [0.717, 1.165) is 35.9 Å². The maximum absolute atomic E-state index is 12.7. The molecular weight excluding hydrogens is 428 g/mol. The van der Waals surface area contributed by atoms with Crippen molar-refractivity contribution in [3.05, 3.63) is 82.7 Å². The van der Waals surface area contributed by atoms with Gasteiger partial charge in [0.05, 0.1) is 18.4 Å². The van der Waals surface area contributed by atoms with Gasteiger partial charge in [0.1, 0.15) is 0 Å². The fourth-order valence-electron chi connectivity index (χ4n) is 4.08. The Hall–Kier alpha value is -3.87. The van der Waals surface area contributed by atoms with Crippen LogP contribution < -0.4 is 10.3 Å². The molecule has 0 unspecified atom stereocenters. The van der Waals surface area contributed by atoms with Crippen molar-refractivity contribution in [2.45, 2.75) is 34.6 Å². The third-order valence-corrected chi connectivity index (χ3v) is 5.80. The molecule has 0 aliphatic heterocycles. The smallest absolute Gasteiger partial charge is 0.340 e. The number of hydrogen-bond donors (Lipinski definition) is 1. The number of carbonyl (C=O) groups excluding carboxylic acids is 2. The number of hydrogen-bond acceptors (Lipinski definition) is 5. The Bertz CT molecular complexity index is 1160. The number of para-hydroxylation sites is 1. The topological polar surface area (TPSA) is 75.9 Å². The van der Waals surface area contributed by atoms with Gasteiger partial charge in [-0.15, -0.1) is 0 Å². The first-order valence-electron chi connectivity index (χ1n) is 11.6. The standard InChI is InChI=1S/C27H32N4O3/c1-6-30(7-2)22-16-14-21(15-17-22)26(32)29-28-18-24-19(4)31(23-12-10-9-11-13-23)20(5)25(24)27(33)34-8-3/h9-18H,6-8H2,1-5H3,(H,29,32)/b28-18+. The first-order valence-corrected chi connectivity index (χ1v) is 11.6. The van der Waals surface area contributed by atoms with Crippen molar-refractivity contribution in [1.82, 2.24) is 9.99 Å². The monoisotopic (exact) mass is 460 g/mol. The second kappa shape index (κ2) is 11.3. The number of nitrogens with one attached hydrogen (secondary N) is 1. The molecule has 0 saturated heterocycles. The van der Waals surface area contributed by atoms with Crippen LogP contribution in [0.4, 0.5) is 5.69 Å². The van der Waals surface area contributed by atoms with Crippen LogP contribution >= 0.6 is 0 Å². The molecule has 1 heterocycles. The first kappa shape index (κ1) is 24.8. The molecule has 0 spiro atoms. The highest BCUT2D eigenvalue weighted by molar-refractivity contribution is 6.02. The van der Waals surface area contributed by atoms with E-state index in [9.17, 15) is 9.59 Å². The number of carbonyl (C=O) groups is 2. The minimum Gasteiger partial charge on any atom is -0.462 e. The summed E-state index contributed by atoms with van der Waals surface area (Å²) >= 11 is 0. The summed E-state index contributed by atoms with van der Waals surface area (Å²) in [5.74, 6) is -0.741. The molecule has 0 fully saturated rings. The van der Waals surface area contributed by atoms with Gasteiger partial charge in [-0.05, 0) is 71.0 Å². The molecule has 1 N–H and O–H groups in total. The normalized spacial score (nSPS) is 11.0. The molecule has 0 aliphatic rings. The molecule has 7 nitrogen and oxygen atoms in total. The fourth-order valence-corrected chi connectivity index (χ4v) is 4.08. The number of amides is 1. The van der Waals surface area contributed by atoms with Crippen molar-refractivity contribution in [3.63, 3.8) is 0 Å². The van der Waals surface area contributed by atoms with Gasteiger partial charge in [-0.2, -0.15) is 5.10 Å². The van der Waals surface area contributed by atoms with Gasteiger partial charge in [-0.1, -0.05) is 18.2 Å². The van der Waals surface area contributed by atoms with E-state index in [1.165, 1.54) is 6.21 Å². The average molecular weight is 461 g/mol. The maximum atomic E-state index is 12.7. The second-order valence-electron chi connectivity index (χ2n) is 7.77. The lowest BCUT2D eigenvalue weighted by Crippen LogP contribution is -2.22. The van der Waals surface area contributed by atoms with Crippen LogP contribution in [-0.4, -0.2) is 42.4 Å². The predicted molar refractivity (Wildman–Crippen MR) is 136 cm³/mol. The molecule has 7 heteroatoms. The Morgan fingerprint density at radius 1 is 0.971 bits per heavy atom. The van der Waals surface area contributed by atoms with Crippen LogP contribution in [0.3, 0.4) is 0 Å². The third kappa shape index (κ3) is 5.20. The average Bonchev–Trinajstić information content (AvgIpc) is 3.10. The zero-order chi connectivity index (χ0) is 24.7. The van der Waals surface area contributed by atoms with Gasteiger partial charge in [0.2, 0.25) is 0 Å². The van der Waals surface area contributed by atoms with Gasteiger partial charge in [0, 0.05) is 47.0 Å². The zero-order valence-corrected chi connectivity index (χ0v) is 20.5. The number of benzene rings is 2. The van der Waals surface area contributed by atoms with Crippen molar-refractivity contribution in [2.75, 3.05) is 24.6 Å². The summed E-state index contributed by atoms with van der Waals surface area (Å²) in [6.07, 6.45) is 1.51. The van der Waals surface area contributed by atoms with Crippen LogP contribution in [0.1, 0.15) is 58.4 Å². The van der Waals surface area contributed by atoms with E-state index in [2.05, 4.69) is 29.3 Å². The Balaban J connectivity index is 1.87. The van der Waals surface area contributed by atoms with Gasteiger partial charge in [0.15, 0.2) is 0 Å². The molecule has 0 saturated carbocycles. The number of nitrogens with zero attached hydrogens (tertiary/aromatic N) is 3. The third-order valence-electron chi connectivity index (χ3n) is 5.80. The van der Waals surface area contributed by atoms with E-state index < -0.39 is 5.97 Å². The highest BCUT2D eigenvalue weighted by atomic mass is 16.5. The minimum absolute atomic E-state index is 0.268. The van der Waals surface area contributed by atoms with Gasteiger partial charge >= 0.3 is 5.97 Å². The van der Waals surface area contributed by atoms with Gasteiger partial charge in [-0.3, -0.25) is 4.79 Å². The van der Waals surface area contributed by atoms with Crippen LogP contribution in [0, 0.1) is 13.8 Å². The van der Waals surface area contributed by atoms with E-state index in [0.29, 0.717) is 16.7 Å². The lowest BCUT2D eigenvalue weighted by molar-refractivity contribution is 0.0525.